The molecule has 0 aliphatic carbocycles. The Morgan fingerprint density at radius 3 is 1.65 bits per heavy atom. The summed E-state index contributed by atoms with van der Waals surface area (Å²) in [5.74, 6) is 0.659. The van der Waals surface area contributed by atoms with E-state index in [1.165, 1.54) is 7.11 Å². The van der Waals surface area contributed by atoms with E-state index in [1.54, 1.807) is 35.0 Å². The molecule has 3 aliphatic rings. The zero-order chi connectivity index (χ0) is 48.3. The van der Waals surface area contributed by atoms with Gasteiger partial charge in [-0.2, -0.15) is 0 Å². The van der Waals surface area contributed by atoms with Gasteiger partial charge in [0.25, 0.3) is 17.7 Å². The van der Waals surface area contributed by atoms with E-state index in [1.807, 2.05) is 99.3 Å². The number of carbonyl (C=O) groups excluding carboxylic acids is 5. The third kappa shape index (κ3) is 13.4. The molecule has 1 fully saturated rings. The van der Waals surface area contributed by atoms with Crippen LogP contribution in [0.1, 0.15) is 133 Å². The summed E-state index contributed by atoms with van der Waals surface area (Å²) in [6.07, 6.45) is 3.44. The topological polar surface area (TPSA) is 154 Å². The Balaban J connectivity index is 0.000000317. The predicted molar refractivity (Wildman–Crippen MR) is 251 cm³/mol. The number of methoxy groups -OCH3 is 3. The molecule has 3 heterocycles. The zero-order valence-electron chi connectivity index (χ0n) is 41.5. The minimum Gasteiger partial charge on any atom is -0.478 e. The van der Waals surface area contributed by atoms with E-state index in [2.05, 4.69) is 0 Å². The van der Waals surface area contributed by atoms with Crippen LogP contribution in [0.2, 0.25) is 0 Å². The molecule has 2 aromatic rings. The molecule has 0 spiro atoms. The second kappa shape index (κ2) is 23.5. The number of amides is 4. The highest BCUT2D eigenvalue weighted by Crippen LogP contribution is 2.40. The lowest BCUT2D eigenvalue weighted by atomic mass is 9.97. The van der Waals surface area contributed by atoms with Crippen molar-refractivity contribution in [3.05, 3.63) is 46.5 Å². The van der Waals surface area contributed by atoms with Crippen molar-refractivity contribution >= 4 is 41.2 Å². The molecule has 0 unspecified atom stereocenters. The van der Waals surface area contributed by atoms with Crippen molar-refractivity contribution in [3.8, 4) is 11.5 Å². The van der Waals surface area contributed by atoms with Crippen LogP contribution in [0.25, 0.3) is 0 Å². The third-order valence-electron chi connectivity index (χ3n) is 11.8. The van der Waals surface area contributed by atoms with Crippen molar-refractivity contribution in [3.63, 3.8) is 0 Å². The first-order valence-electron chi connectivity index (χ1n) is 23.3. The maximum atomic E-state index is 14.2. The quantitative estimate of drug-likeness (QED) is 0.118. The molecular formula is C50H76N4O11. The minimum atomic E-state index is -0.582. The van der Waals surface area contributed by atoms with Crippen molar-refractivity contribution in [2.75, 3.05) is 70.5 Å². The molecule has 0 aromatic heterocycles. The maximum absolute atomic E-state index is 14.2. The molecule has 0 N–H and O–H groups in total. The number of hydrogen-bond acceptors (Lipinski definition) is 11. The van der Waals surface area contributed by atoms with E-state index in [0.717, 1.165) is 49.7 Å². The lowest BCUT2D eigenvalue weighted by molar-refractivity contribution is -0.128. The van der Waals surface area contributed by atoms with Crippen LogP contribution in [0.5, 0.6) is 11.5 Å². The van der Waals surface area contributed by atoms with Crippen LogP contribution < -0.4 is 19.3 Å². The van der Waals surface area contributed by atoms with Gasteiger partial charge in [-0.3, -0.25) is 14.4 Å². The van der Waals surface area contributed by atoms with Crippen molar-refractivity contribution in [2.24, 2.45) is 11.8 Å². The lowest BCUT2D eigenvalue weighted by Gasteiger charge is -2.42. The van der Waals surface area contributed by atoms with E-state index in [0.29, 0.717) is 73.4 Å². The van der Waals surface area contributed by atoms with Crippen LogP contribution in [0.4, 0.5) is 16.2 Å². The van der Waals surface area contributed by atoms with Crippen LogP contribution in [0.15, 0.2) is 24.3 Å². The Hall–Kier alpha value is -4.89. The molecule has 0 radical (unpaired) electrons. The second-order valence-electron chi connectivity index (χ2n) is 19.2. The summed E-state index contributed by atoms with van der Waals surface area (Å²) in [5.41, 5.74) is 3.24. The summed E-state index contributed by atoms with van der Waals surface area (Å²) >= 11 is 0. The smallest absolute Gasteiger partial charge is 0.410 e. The molecular weight excluding hydrogens is 833 g/mol. The number of ether oxygens (including phenoxy) is 6. The summed E-state index contributed by atoms with van der Waals surface area (Å²) in [4.78, 5) is 72.5. The fourth-order valence-electron chi connectivity index (χ4n) is 8.40. The fourth-order valence-corrected chi connectivity index (χ4v) is 8.40. The van der Waals surface area contributed by atoms with Gasteiger partial charge in [-0.05, 0) is 134 Å². The van der Waals surface area contributed by atoms with Gasteiger partial charge in [0.05, 0.1) is 30.1 Å². The number of rotatable bonds is 16. The highest BCUT2D eigenvalue weighted by Gasteiger charge is 2.40. The first-order valence-corrected chi connectivity index (χ1v) is 23.3. The van der Waals surface area contributed by atoms with Gasteiger partial charge in [0, 0.05) is 65.2 Å². The summed E-state index contributed by atoms with van der Waals surface area (Å²) in [5, 5.41) is 0. The molecule has 2 aromatic carbocycles. The zero-order valence-corrected chi connectivity index (χ0v) is 41.5. The van der Waals surface area contributed by atoms with Crippen molar-refractivity contribution in [2.45, 2.75) is 145 Å². The number of unbranched alkanes of at least 4 members (excludes halogenated alkanes) is 2. The Bertz CT molecular complexity index is 1980. The number of fused-ring (bicyclic) bond motifs is 2. The van der Waals surface area contributed by atoms with Gasteiger partial charge in [-0.25, -0.2) is 9.59 Å². The first-order chi connectivity index (χ1) is 30.6. The highest BCUT2D eigenvalue weighted by molar-refractivity contribution is 6.04. The van der Waals surface area contributed by atoms with E-state index in [4.69, 9.17) is 28.4 Å². The van der Waals surface area contributed by atoms with Crippen molar-refractivity contribution < 1.29 is 52.4 Å². The number of piperidine rings is 1. The SMILES string of the molecule is COCCCCN1C(=O)[C@@H](C(C)C)Oc2cc(C)c(C(=O)N(C(C)C)[C@@H]3CCCN(C(=O)OC(C)(C)C)C3)cc21.COCCCCN1C(=O)[C@@H](C(C)C)Oc2cc(C)c(C(=O)OC)cc21. The van der Waals surface area contributed by atoms with Crippen molar-refractivity contribution in [1.29, 1.82) is 0 Å². The van der Waals surface area contributed by atoms with Gasteiger partial charge < -0.3 is 48.0 Å². The summed E-state index contributed by atoms with van der Waals surface area (Å²) in [6.45, 7) is 24.6. The van der Waals surface area contributed by atoms with E-state index >= 15 is 0 Å². The normalized spacial score (nSPS) is 18.4. The maximum Gasteiger partial charge on any atom is 0.410 e. The van der Waals surface area contributed by atoms with Crippen LogP contribution >= 0.6 is 0 Å². The number of hydrogen-bond donors (Lipinski definition) is 0. The molecule has 0 saturated carbocycles. The van der Waals surface area contributed by atoms with Crippen LogP contribution in [-0.4, -0.2) is 130 Å². The van der Waals surface area contributed by atoms with Crippen molar-refractivity contribution in [1.82, 2.24) is 9.80 Å². The minimum absolute atomic E-state index is 0.0133. The van der Waals surface area contributed by atoms with Crippen LogP contribution in [0, 0.1) is 25.7 Å². The van der Waals surface area contributed by atoms with Gasteiger partial charge in [-0.15, -0.1) is 0 Å². The number of aryl methyl sites for hydroxylation is 2. The Kier molecular flexibility index (Phi) is 19.1. The summed E-state index contributed by atoms with van der Waals surface area (Å²) in [6, 6.07) is 6.99. The fraction of sp³-hybridized carbons (Fsp3) is 0.660. The molecule has 3 atom stereocenters. The predicted octanol–water partition coefficient (Wildman–Crippen LogP) is 8.38. The van der Waals surface area contributed by atoms with Gasteiger partial charge >= 0.3 is 12.1 Å². The van der Waals surface area contributed by atoms with E-state index in [9.17, 15) is 24.0 Å². The molecule has 5 rings (SSSR count). The standard InChI is InChI=1S/C31H49N3O6.C19H27NO5/c1-20(2)27-29(36)33(15-10-11-16-38-9)25-18-24(22(5)17-26(25)39-27)28(35)34(21(3)4)23-13-12-14-32(19-23)30(37)40-31(6,7)8;1-12(2)17-18(21)20(8-6-7-9-23-4)15-11-14(19(22)24-5)13(3)10-16(15)25-17/h17-18,20-21,23,27H,10-16,19H2,1-9H3;10-12,17H,6-9H2,1-5H3/t23-,27-;17-/m11/s1. The Morgan fingerprint density at radius 1 is 0.738 bits per heavy atom. The molecule has 15 nitrogen and oxygen atoms in total. The highest BCUT2D eigenvalue weighted by atomic mass is 16.6. The number of likely N-dealkylation sites (tertiary alicyclic amines) is 1. The van der Waals surface area contributed by atoms with E-state index < -0.39 is 23.8 Å². The molecule has 4 amide bonds. The first kappa shape index (κ1) is 52.7. The molecule has 362 valence electrons. The van der Waals surface area contributed by atoms with Gasteiger partial charge in [0.1, 0.15) is 17.1 Å². The molecule has 65 heavy (non-hydrogen) atoms. The van der Waals surface area contributed by atoms with Crippen LogP contribution in [-0.2, 0) is 28.5 Å². The third-order valence-corrected chi connectivity index (χ3v) is 11.8. The molecule has 15 heteroatoms. The number of carbonyl (C=O) groups is 5. The second-order valence-corrected chi connectivity index (χ2v) is 19.2. The monoisotopic (exact) mass is 909 g/mol. The average molecular weight is 909 g/mol. The number of anilines is 2. The summed E-state index contributed by atoms with van der Waals surface area (Å²) < 4.78 is 32.9. The lowest BCUT2D eigenvalue weighted by Crippen LogP contribution is -2.54. The largest absolute Gasteiger partial charge is 0.478 e. The number of esters is 1. The Morgan fingerprint density at radius 2 is 1.22 bits per heavy atom. The van der Waals surface area contributed by atoms with Gasteiger partial charge in [0.15, 0.2) is 12.2 Å². The molecule has 3 aliphatic heterocycles. The summed E-state index contributed by atoms with van der Waals surface area (Å²) in [7, 11) is 4.68. The molecule has 1 saturated heterocycles. The van der Waals surface area contributed by atoms with Gasteiger partial charge in [0.2, 0.25) is 0 Å². The van der Waals surface area contributed by atoms with Gasteiger partial charge in [-0.1, -0.05) is 27.7 Å². The average Bonchev–Trinajstić information content (AvgIpc) is 3.23. The number of nitrogens with zero attached hydrogens (tertiary/aromatic N) is 4. The number of benzene rings is 2. The van der Waals surface area contributed by atoms with Crippen LogP contribution in [0.3, 0.4) is 0 Å². The Labute approximate surface area is 387 Å². The molecule has 0 bridgehead atoms. The van der Waals surface area contributed by atoms with E-state index in [-0.39, 0.29) is 47.7 Å².